The zero-order valence-electron chi connectivity index (χ0n) is 11.0. The van der Waals surface area contributed by atoms with Crippen molar-refractivity contribution < 1.29 is 14.3 Å². The van der Waals surface area contributed by atoms with Crippen molar-refractivity contribution in [1.82, 2.24) is 0 Å². The summed E-state index contributed by atoms with van der Waals surface area (Å²) in [5, 5.41) is 3.48. The Hall–Kier alpha value is -2.04. The number of hydrogen-bond donors (Lipinski definition) is 1. The van der Waals surface area contributed by atoms with Crippen molar-refractivity contribution in [2.45, 2.75) is 0 Å². The second-order valence-corrected chi connectivity index (χ2v) is 4.99. The number of halogens is 2. The number of ether oxygens (including phenoxy) is 1. The molecule has 0 unspecified atom stereocenters. The van der Waals surface area contributed by atoms with Crippen molar-refractivity contribution in [3.05, 3.63) is 63.6 Å². The summed E-state index contributed by atoms with van der Waals surface area (Å²) in [4.78, 5) is 23.6. The van der Waals surface area contributed by atoms with Gasteiger partial charge in [0.25, 0.3) is 5.91 Å². The summed E-state index contributed by atoms with van der Waals surface area (Å²) >= 11 is 11.7. The number of carbonyl (C=O) groups is 2. The van der Waals surface area contributed by atoms with Crippen molar-refractivity contribution >= 4 is 40.8 Å². The molecule has 0 saturated carbocycles. The number of hydrogen-bond acceptors (Lipinski definition) is 3. The summed E-state index contributed by atoms with van der Waals surface area (Å²) in [5.41, 5.74) is 1.08. The van der Waals surface area contributed by atoms with Crippen molar-refractivity contribution in [2.75, 3.05) is 12.4 Å². The van der Waals surface area contributed by atoms with Crippen LogP contribution in [0.15, 0.2) is 42.5 Å². The molecular weight excluding hydrogens is 313 g/mol. The molecule has 0 atom stereocenters. The molecule has 0 spiro atoms. The van der Waals surface area contributed by atoms with Crippen LogP contribution in [-0.4, -0.2) is 19.0 Å². The molecule has 1 N–H and O–H groups in total. The van der Waals surface area contributed by atoms with Crippen LogP contribution in [0.25, 0.3) is 0 Å². The summed E-state index contributed by atoms with van der Waals surface area (Å²) in [5.74, 6) is -0.882. The Bertz CT molecular complexity index is 684. The fourth-order valence-electron chi connectivity index (χ4n) is 1.67. The molecule has 21 heavy (non-hydrogen) atoms. The van der Waals surface area contributed by atoms with Gasteiger partial charge < -0.3 is 10.1 Å². The highest BCUT2D eigenvalue weighted by Crippen LogP contribution is 2.22. The molecule has 0 aliphatic rings. The summed E-state index contributed by atoms with van der Waals surface area (Å²) < 4.78 is 4.62. The quantitative estimate of drug-likeness (QED) is 0.867. The monoisotopic (exact) mass is 323 g/mol. The van der Waals surface area contributed by atoms with Gasteiger partial charge in [-0.15, -0.1) is 0 Å². The smallest absolute Gasteiger partial charge is 0.339 e. The Balaban J connectivity index is 2.21. The number of esters is 1. The Morgan fingerprint density at radius 1 is 1.05 bits per heavy atom. The van der Waals surface area contributed by atoms with E-state index in [1.807, 2.05) is 0 Å². The Kier molecular flexibility index (Phi) is 4.83. The molecular formula is C15H11Cl2NO3. The van der Waals surface area contributed by atoms with Crippen molar-refractivity contribution in [3.63, 3.8) is 0 Å². The van der Waals surface area contributed by atoms with Crippen LogP contribution >= 0.6 is 23.2 Å². The number of anilines is 1. The lowest BCUT2D eigenvalue weighted by atomic mass is 10.1. The molecule has 2 aromatic rings. The topological polar surface area (TPSA) is 55.4 Å². The van der Waals surface area contributed by atoms with E-state index in [1.54, 1.807) is 30.3 Å². The van der Waals surface area contributed by atoms with Gasteiger partial charge >= 0.3 is 5.97 Å². The molecule has 1 amide bonds. The first kappa shape index (κ1) is 15.4. The Labute approximate surface area is 131 Å². The molecule has 4 nitrogen and oxygen atoms in total. The van der Waals surface area contributed by atoms with Gasteiger partial charge in [0.15, 0.2) is 0 Å². The molecule has 0 aliphatic carbocycles. The van der Waals surface area contributed by atoms with Crippen molar-refractivity contribution in [2.24, 2.45) is 0 Å². The van der Waals surface area contributed by atoms with E-state index >= 15 is 0 Å². The highest BCUT2D eigenvalue weighted by molar-refractivity contribution is 6.33. The number of nitrogens with one attached hydrogen (secondary N) is 1. The molecule has 0 bridgehead atoms. The molecule has 0 saturated heterocycles. The molecule has 0 aromatic heterocycles. The summed E-state index contributed by atoms with van der Waals surface area (Å²) in [7, 11) is 1.26. The van der Waals surface area contributed by atoms with Gasteiger partial charge in [0.05, 0.1) is 17.7 Å². The minimum absolute atomic E-state index is 0.188. The van der Waals surface area contributed by atoms with E-state index in [2.05, 4.69) is 10.1 Å². The fraction of sp³-hybridized carbons (Fsp3) is 0.0667. The first-order chi connectivity index (χ1) is 10.0. The van der Waals surface area contributed by atoms with Gasteiger partial charge in [-0.05, 0) is 42.5 Å². The average Bonchev–Trinajstić information content (AvgIpc) is 2.49. The van der Waals surface area contributed by atoms with Crippen LogP contribution < -0.4 is 5.32 Å². The van der Waals surface area contributed by atoms with Crippen LogP contribution in [0.2, 0.25) is 10.0 Å². The fourth-order valence-corrected chi connectivity index (χ4v) is 1.99. The van der Waals surface area contributed by atoms with Crippen LogP contribution in [0.4, 0.5) is 5.69 Å². The molecule has 2 rings (SSSR count). The zero-order valence-corrected chi connectivity index (χ0v) is 12.5. The SMILES string of the molecule is COC(=O)c1cc(NC(=O)c2ccc(Cl)cc2)ccc1Cl. The number of carbonyl (C=O) groups excluding carboxylic acids is 2. The van der Waals surface area contributed by atoms with Crippen LogP contribution in [0.5, 0.6) is 0 Å². The van der Waals surface area contributed by atoms with E-state index in [9.17, 15) is 9.59 Å². The third-order valence-electron chi connectivity index (χ3n) is 2.74. The molecule has 108 valence electrons. The van der Waals surface area contributed by atoms with Crippen LogP contribution in [0.1, 0.15) is 20.7 Å². The minimum Gasteiger partial charge on any atom is -0.465 e. The van der Waals surface area contributed by atoms with Crippen molar-refractivity contribution in [3.8, 4) is 0 Å². The summed E-state index contributed by atoms with van der Waals surface area (Å²) in [6, 6.07) is 11.0. The zero-order chi connectivity index (χ0) is 15.4. The summed E-state index contributed by atoms with van der Waals surface area (Å²) in [6.45, 7) is 0. The third-order valence-corrected chi connectivity index (χ3v) is 3.32. The van der Waals surface area contributed by atoms with Gasteiger partial charge in [0, 0.05) is 16.3 Å². The summed E-state index contributed by atoms with van der Waals surface area (Å²) in [6.07, 6.45) is 0. The van der Waals surface area contributed by atoms with E-state index in [4.69, 9.17) is 23.2 Å². The lowest BCUT2D eigenvalue weighted by Crippen LogP contribution is -2.12. The van der Waals surface area contributed by atoms with E-state index in [1.165, 1.54) is 19.2 Å². The predicted octanol–water partition coefficient (Wildman–Crippen LogP) is 4.03. The lowest BCUT2D eigenvalue weighted by molar-refractivity contribution is 0.0600. The molecule has 2 aromatic carbocycles. The van der Waals surface area contributed by atoms with Crippen LogP contribution in [0, 0.1) is 0 Å². The third kappa shape index (κ3) is 3.74. The standard InChI is InChI=1S/C15H11Cl2NO3/c1-21-15(20)12-8-11(6-7-13(12)17)18-14(19)9-2-4-10(16)5-3-9/h2-8H,1H3,(H,18,19). The molecule has 0 heterocycles. The van der Waals surface area contributed by atoms with E-state index in [0.29, 0.717) is 16.3 Å². The largest absolute Gasteiger partial charge is 0.465 e. The highest BCUT2D eigenvalue weighted by atomic mass is 35.5. The molecule has 0 aliphatic heterocycles. The second kappa shape index (κ2) is 6.61. The van der Waals surface area contributed by atoms with E-state index in [0.717, 1.165) is 0 Å². The average molecular weight is 324 g/mol. The number of amides is 1. The first-order valence-electron chi connectivity index (χ1n) is 5.96. The number of rotatable bonds is 3. The van der Waals surface area contributed by atoms with Crippen molar-refractivity contribution in [1.29, 1.82) is 0 Å². The number of benzene rings is 2. The lowest BCUT2D eigenvalue weighted by Gasteiger charge is -2.08. The van der Waals surface area contributed by atoms with Crippen LogP contribution in [0.3, 0.4) is 0 Å². The second-order valence-electron chi connectivity index (χ2n) is 4.15. The molecule has 0 radical (unpaired) electrons. The van der Waals surface area contributed by atoms with E-state index in [-0.39, 0.29) is 16.5 Å². The maximum atomic E-state index is 12.1. The molecule has 6 heteroatoms. The Morgan fingerprint density at radius 2 is 1.71 bits per heavy atom. The highest BCUT2D eigenvalue weighted by Gasteiger charge is 2.13. The molecule has 0 fully saturated rings. The van der Waals surface area contributed by atoms with E-state index < -0.39 is 5.97 Å². The minimum atomic E-state index is -0.567. The van der Waals surface area contributed by atoms with Gasteiger partial charge in [0.1, 0.15) is 0 Å². The van der Waals surface area contributed by atoms with Crippen LogP contribution in [-0.2, 0) is 4.74 Å². The first-order valence-corrected chi connectivity index (χ1v) is 6.71. The van der Waals surface area contributed by atoms with Gasteiger partial charge in [-0.25, -0.2) is 4.79 Å². The Morgan fingerprint density at radius 3 is 2.33 bits per heavy atom. The van der Waals surface area contributed by atoms with Gasteiger partial charge in [0.2, 0.25) is 0 Å². The van der Waals surface area contributed by atoms with Gasteiger partial charge in [-0.1, -0.05) is 23.2 Å². The van der Waals surface area contributed by atoms with Gasteiger partial charge in [-0.2, -0.15) is 0 Å². The van der Waals surface area contributed by atoms with Gasteiger partial charge in [-0.3, -0.25) is 4.79 Å². The normalized spacial score (nSPS) is 10.0. The predicted molar refractivity (Wildman–Crippen MR) is 82.2 cm³/mol. The maximum Gasteiger partial charge on any atom is 0.339 e. The maximum absolute atomic E-state index is 12.1. The number of methoxy groups -OCH3 is 1.